The maximum atomic E-state index is 15.1. The number of nitrogens with two attached hydrogens (primary N) is 1. The van der Waals surface area contributed by atoms with E-state index in [4.69, 9.17) is 10.2 Å². The summed E-state index contributed by atoms with van der Waals surface area (Å²) in [5.41, 5.74) is 8.38. The summed E-state index contributed by atoms with van der Waals surface area (Å²) in [7, 11) is 0. The average molecular weight is 403 g/mol. The summed E-state index contributed by atoms with van der Waals surface area (Å²) in [6.07, 6.45) is 7.87. The number of carbonyl (C=O) groups is 1. The largest absolute Gasteiger partial charge is 0.443 e. The number of nitrogen functional groups attached to an aromatic ring is 1. The van der Waals surface area contributed by atoms with Crippen LogP contribution in [0.25, 0.3) is 33.5 Å². The Morgan fingerprint density at radius 1 is 1.17 bits per heavy atom. The Balaban J connectivity index is 1.58. The number of carbonyl (C=O) groups excluding carboxylic acids is 1. The lowest BCUT2D eigenvalue weighted by Gasteiger charge is -2.13. The lowest BCUT2D eigenvalue weighted by Crippen LogP contribution is -2.14. The molecule has 0 bridgehead atoms. The number of pyridine rings is 2. The number of amides is 1. The van der Waals surface area contributed by atoms with E-state index in [9.17, 15) is 4.79 Å². The van der Waals surface area contributed by atoms with Crippen molar-refractivity contribution in [1.82, 2.24) is 15.0 Å². The number of aryl methyl sites for hydroxylation is 1. The van der Waals surface area contributed by atoms with Crippen LogP contribution in [0.2, 0.25) is 0 Å². The predicted molar refractivity (Wildman–Crippen MR) is 111 cm³/mol. The molecule has 3 aromatic heterocycles. The van der Waals surface area contributed by atoms with Crippen LogP contribution in [0.5, 0.6) is 0 Å². The van der Waals surface area contributed by atoms with Gasteiger partial charge in [-0.1, -0.05) is 0 Å². The van der Waals surface area contributed by atoms with Crippen molar-refractivity contribution in [2.24, 2.45) is 5.92 Å². The molecule has 5 rings (SSSR count). The number of halogens is 1. The van der Waals surface area contributed by atoms with E-state index in [-0.39, 0.29) is 17.5 Å². The standard InChI is InChI=1S/C22H18FN5O2/c1-11-6-17(22-25-4-5-30-22)26-9-15(11)14-7-13-8-18(28-21(29)12-2-3-12)27-10-16(13)20(24)19(14)23/h4-10,12H,2-3,24H2,1H3,(H,27,28,29). The molecular weight excluding hydrogens is 385 g/mol. The summed E-state index contributed by atoms with van der Waals surface area (Å²) in [6.45, 7) is 1.86. The lowest BCUT2D eigenvalue weighted by atomic mass is 9.97. The van der Waals surface area contributed by atoms with Gasteiger partial charge in [-0.05, 0) is 48.9 Å². The van der Waals surface area contributed by atoms with Gasteiger partial charge in [-0.3, -0.25) is 9.78 Å². The summed E-state index contributed by atoms with van der Waals surface area (Å²) < 4.78 is 20.4. The Labute approximate surface area is 171 Å². The normalized spacial score (nSPS) is 13.5. The van der Waals surface area contributed by atoms with E-state index in [2.05, 4.69) is 20.3 Å². The van der Waals surface area contributed by atoms with Crippen LogP contribution in [0, 0.1) is 18.7 Å². The van der Waals surface area contributed by atoms with Crippen LogP contribution in [0.3, 0.4) is 0 Å². The van der Waals surface area contributed by atoms with Crippen molar-refractivity contribution >= 4 is 28.2 Å². The molecule has 30 heavy (non-hydrogen) atoms. The minimum absolute atomic E-state index is 0.00578. The van der Waals surface area contributed by atoms with Gasteiger partial charge in [0.2, 0.25) is 11.8 Å². The topological polar surface area (TPSA) is 107 Å². The van der Waals surface area contributed by atoms with Crippen LogP contribution in [0.15, 0.2) is 47.5 Å². The Bertz CT molecular complexity index is 1280. The zero-order chi connectivity index (χ0) is 20.8. The van der Waals surface area contributed by atoms with Gasteiger partial charge in [0.1, 0.15) is 17.8 Å². The number of rotatable bonds is 4. The number of nitrogens with zero attached hydrogens (tertiary/aromatic N) is 3. The summed E-state index contributed by atoms with van der Waals surface area (Å²) >= 11 is 0. The maximum absolute atomic E-state index is 15.1. The van der Waals surface area contributed by atoms with Gasteiger partial charge >= 0.3 is 0 Å². The number of oxazole rings is 1. The molecule has 0 unspecified atom stereocenters. The Hall–Kier alpha value is -3.81. The quantitative estimate of drug-likeness (QED) is 0.491. The predicted octanol–water partition coefficient (Wildman–Crippen LogP) is 4.33. The molecule has 7 nitrogen and oxygen atoms in total. The number of hydrogen-bond donors (Lipinski definition) is 2. The molecule has 3 heterocycles. The van der Waals surface area contributed by atoms with Crippen LogP contribution in [0.4, 0.5) is 15.9 Å². The van der Waals surface area contributed by atoms with Gasteiger partial charge < -0.3 is 15.5 Å². The zero-order valence-electron chi connectivity index (χ0n) is 16.1. The van der Waals surface area contributed by atoms with Gasteiger partial charge in [0.05, 0.1) is 11.9 Å². The van der Waals surface area contributed by atoms with Gasteiger partial charge in [-0.15, -0.1) is 0 Å². The number of anilines is 2. The van der Waals surface area contributed by atoms with Crippen LogP contribution in [-0.2, 0) is 4.79 Å². The third-order valence-corrected chi connectivity index (χ3v) is 5.25. The fourth-order valence-corrected chi connectivity index (χ4v) is 3.44. The first-order valence-corrected chi connectivity index (χ1v) is 9.56. The molecule has 0 spiro atoms. The van der Waals surface area contributed by atoms with Crippen molar-refractivity contribution in [2.45, 2.75) is 19.8 Å². The Morgan fingerprint density at radius 2 is 2.00 bits per heavy atom. The fraction of sp³-hybridized carbons (Fsp3) is 0.182. The number of nitrogens with one attached hydrogen (secondary N) is 1. The summed E-state index contributed by atoms with van der Waals surface area (Å²) in [5.74, 6) is 0.301. The van der Waals surface area contributed by atoms with Crippen LogP contribution in [0.1, 0.15) is 18.4 Å². The minimum atomic E-state index is -0.534. The first kappa shape index (κ1) is 18.2. The molecule has 150 valence electrons. The summed E-state index contributed by atoms with van der Waals surface area (Å²) in [5, 5.41) is 3.98. The van der Waals surface area contributed by atoms with Gasteiger partial charge in [-0.2, -0.15) is 0 Å². The van der Waals surface area contributed by atoms with Crippen molar-refractivity contribution in [3.05, 3.63) is 54.4 Å². The molecule has 1 fully saturated rings. The van der Waals surface area contributed by atoms with Crippen molar-refractivity contribution in [2.75, 3.05) is 11.1 Å². The van der Waals surface area contributed by atoms with Crippen molar-refractivity contribution in [3.8, 4) is 22.7 Å². The second kappa shape index (κ2) is 6.91. The van der Waals surface area contributed by atoms with Crippen molar-refractivity contribution < 1.29 is 13.6 Å². The second-order valence-corrected chi connectivity index (χ2v) is 7.43. The van der Waals surface area contributed by atoms with Gasteiger partial charge in [0, 0.05) is 34.8 Å². The highest BCUT2D eigenvalue weighted by Crippen LogP contribution is 2.36. The molecule has 4 aromatic rings. The molecule has 1 aromatic carbocycles. The molecule has 0 saturated heterocycles. The molecule has 3 N–H and O–H groups in total. The molecule has 1 saturated carbocycles. The highest BCUT2D eigenvalue weighted by Gasteiger charge is 2.29. The average Bonchev–Trinajstić information content (AvgIpc) is 3.45. The highest BCUT2D eigenvalue weighted by molar-refractivity contribution is 6.00. The Kier molecular flexibility index (Phi) is 4.20. The van der Waals surface area contributed by atoms with E-state index in [1.807, 2.05) is 6.92 Å². The molecule has 0 atom stereocenters. The minimum Gasteiger partial charge on any atom is -0.443 e. The third kappa shape index (κ3) is 3.16. The third-order valence-electron chi connectivity index (χ3n) is 5.25. The molecule has 0 aliphatic heterocycles. The molecule has 1 aliphatic carbocycles. The van der Waals surface area contributed by atoms with Crippen molar-refractivity contribution in [3.63, 3.8) is 0 Å². The SMILES string of the molecule is Cc1cc(-c2ncco2)ncc1-c1cc2cc(NC(=O)C3CC3)ncc2c(N)c1F. The summed E-state index contributed by atoms with van der Waals surface area (Å²) in [4.78, 5) is 24.7. The van der Waals surface area contributed by atoms with Crippen LogP contribution >= 0.6 is 0 Å². The molecule has 1 aliphatic rings. The lowest BCUT2D eigenvalue weighted by molar-refractivity contribution is -0.117. The van der Waals surface area contributed by atoms with E-state index >= 15 is 4.39 Å². The van der Waals surface area contributed by atoms with Gasteiger partial charge in [0.25, 0.3) is 0 Å². The first-order chi connectivity index (χ1) is 14.5. The number of fused-ring (bicyclic) bond motifs is 1. The zero-order valence-corrected chi connectivity index (χ0v) is 16.1. The van der Waals surface area contributed by atoms with E-state index in [1.54, 1.807) is 24.4 Å². The van der Waals surface area contributed by atoms with E-state index in [0.717, 1.165) is 18.4 Å². The fourth-order valence-electron chi connectivity index (χ4n) is 3.44. The van der Waals surface area contributed by atoms with E-state index in [1.165, 1.54) is 18.7 Å². The van der Waals surface area contributed by atoms with E-state index < -0.39 is 5.82 Å². The van der Waals surface area contributed by atoms with Gasteiger partial charge in [-0.25, -0.2) is 14.4 Å². The smallest absolute Gasteiger partial charge is 0.244 e. The molecular formula is C22H18FN5O2. The highest BCUT2D eigenvalue weighted by atomic mass is 19.1. The van der Waals surface area contributed by atoms with Gasteiger partial charge in [0.15, 0.2) is 5.82 Å². The second-order valence-electron chi connectivity index (χ2n) is 7.43. The Morgan fingerprint density at radius 3 is 2.70 bits per heavy atom. The maximum Gasteiger partial charge on any atom is 0.244 e. The van der Waals surface area contributed by atoms with Crippen molar-refractivity contribution in [1.29, 1.82) is 0 Å². The number of hydrogen-bond acceptors (Lipinski definition) is 6. The van der Waals surface area contributed by atoms with Crippen LogP contribution < -0.4 is 11.1 Å². The summed E-state index contributed by atoms with van der Waals surface area (Å²) in [6, 6.07) is 5.19. The van der Waals surface area contributed by atoms with Crippen LogP contribution in [-0.4, -0.2) is 20.9 Å². The number of aromatic nitrogens is 3. The van der Waals surface area contributed by atoms with E-state index in [0.29, 0.717) is 39.3 Å². The molecule has 8 heteroatoms. The number of benzene rings is 1. The monoisotopic (exact) mass is 403 g/mol. The first-order valence-electron chi connectivity index (χ1n) is 9.56. The molecule has 0 radical (unpaired) electrons. The molecule has 1 amide bonds.